The molecule has 0 aliphatic carbocycles. The van der Waals surface area contributed by atoms with Gasteiger partial charge in [0, 0.05) is 0 Å². The molecule has 1 N–H and O–H groups in total. The van der Waals surface area contributed by atoms with E-state index in [1.54, 1.807) is 14.0 Å². The fourth-order valence-electron chi connectivity index (χ4n) is 0.490. The number of nitrogens with one attached hydrogen (secondary N) is 1. The first kappa shape index (κ1) is 9.19. The van der Waals surface area contributed by atoms with E-state index in [0.717, 1.165) is 0 Å². The molecule has 2 heteroatoms. The molecule has 0 aromatic rings. The van der Waals surface area contributed by atoms with Crippen LogP contribution in [0.15, 0.2) is 0 Å². The van der Waals surface area contributed by atoms with E-state index in [1.165, 1.54) is 0 Å². The van der Waals surface area contributed by atoms with E-state index in [2.05, 4.69) is 17.2 Å². The maximum absolute atomic E-state index is 11.0. The highest BCUT2D eigenvalue weighted by atomic mass is 16.1. The summed E-state index contributed by atoms with van der Waals surface area (Å²) >= 11 is 0. The van der Waals surface area contributed by atoms with Gasteiger partial charge in [-0.15, -0.1) is 5.92 Å². The van der Waals surface area contributed by atoms with Gasteiger partial charge < -0.3 is 5.32 Å². The second kappa shape index (κ2) is 5.01. The Bertz CT molecular complexity index is 164. The van der Waals surface area contributed by atoms with Crippen molar-refractivity contribution in [3.05, 3.63) is 0 Å². The van der Waals surface area contributed by atoms with Gasteiger partial charge in [-0.1, -0.05) is 5.92 Å². The van der Waals surface area contributed by atoms with E-state index in [4.69, 9.17) is 0 Å². The van der Waals surface area contributed by atoms with E-state index in [0.29, 0.717) is 6.42 Å². The molecular formula is C8H13NO. The summed E-state index contributed by atoms with van der Waals surface area (Å²) in [6, 6.07) is -0.0687. The van der Waals surface area contributed by atoms with Crippen molar-refractivity contribution in [3.63, 3.8) is 0 Å². The number of hydrogen-bond donors (Lipinski definition) is 1. The van der Waals surface area contributed by atoms with Crippen LogP contribution in [0.2, 0.25) is 0 Å². The van der Waals surface area contributed by atoms with Crippen molar-refractivity contribution in [2.75, 3.05) is 7.05 Å². The van der Waals surface area contributed by atoms with Crippen LogP contribution < -0.4 is 5.32 Å². The molecule has 10 heavy (non-hydrogen) atoms. The second-order valence-corrected chi connectivity index (χ2v) is 2.08. The van der Waals surface area contributed by atoms with Crippen molar-refractivity contribution < 1.29 is 4.79 Å². The van der Waals surface area contributed by atoms with Gasteiger partial charge in [0.25, 0.3) is 0 Å². The Morgan fingerprint density at radius 2 is 2.30 bits per heavy atom. The van der Waals surface area contributed by atoms with Crippen molar-refractivity contribution in [1.29, 1.82) is 0 Å². The predicted molar refractivity (Wildman–Crippen MR) is 41.6 cm³/mol. The number of carbonyl (C=O) groups excluding carboxylic acids is 1. The van der Waals surface area contributed by atoms with Crippen molar-refractivity contribution in [1.82, 2.24) is 5.32 Å². The molecule has 0 aliphatic rings. The summed E-state index contributed by atoms with van der Waals surface area (Å²) in [5.74, 6) is 5.55. The van der Waals surface area contributed by atoms with Crippen LogP contribution in [0.5, 0.6) is 0 Å². The maximum atomic E-state index is 11.0. The summed E-state index contributed by atoms with van der Waals surface area (Å²) in [6.07, 6.45) is 0.360. The Hall–Kier alpha value is -0.810. The topological polar surface area (TPSA) is 29.1 Å². The van der Waals surface area contributed by atoms with E-state index >= 15 is 0 Å². The molecule has 0 aromatic heterocycles. The van der Waals surface area contributed by atoms with Gasteiger partial charge in [0.15, 0.2) is 5.78 Å². The zero-order chi connectivity index (χ0) is 7.98. The van der Waals surface area contributed by atoms with Crippen LogP contribution in [0.3, 0.4) is 0 Å². The highest BCUT2D eigenvalue weighted by Crippen LogP contribution is 1.87. The molecule has 0 saturated carbocycles. The normalized spacial score (nSPS) is 11.5. The van der Waals surface area contributed by atoms with Gasteiger partial charge in [0.1, 0.15) is 0 Å². The van der Waals surface area contributed by atoms with Crippen LogP contribution in [-0.4, -0.2) is 18.9 Å². The van der Waals surface area contributed by atoms with Gasteiger partial charge in [-0.05, 0) is 20.9 Å². The first-order chi connectivity index (χ1) is 4.72. The van der Waals surface area contributed by atoms with Gasteiger partial charge in [-0.25, -0.2) is 0 Å². The molecule has 0 radical (unpaired) electrons. The van der Waals surface area contributed by atoms with E-state index in [-0.39, 0.29) is 11.8 Å². The van der Waals surface area contributed by atoms with E-state index in [1.807, 2.05) is 6.92 Å². The first-order valence-electron chi connectivity index (χ1n) is 3.32. The smallest absolute Gasteiger partial charge is 0.161 e. The molecule has 0 heterocycles. The van der Waals surface area contributed by atoms with Gasteiger partial charge in [-0.3, -0.25) is 4.79 Å². The van der Waals surface area contributed by atoms with Crippen molar-refractivity contribution in [2.45, 2.75) is 26.3 Å². The summed E-state index contributed by atoms with van der Waals surface area (Å²) in [4.78, 5) is 11.0. The highest BCUT2D eigenvalue weighted by molar-refractivity contribution is 5.85. The molecule has 0 bridgehead atoms. The third-order valence-corrected chi connectivity index (χ3v) is 1.36. The van der Waals surface area contributed by atoms with Gasteiger partial charge in [0.2, 0.25) is 0 Å². The minimum absolute atomic E-state index is 0.0687. The van der Waals surface area contributed by atoms with Crippen molar-refractivity contribution >= 4 is 5.78 Å². The first-order valence-corrected chi connectivity index (χ1v) is 3.32. The largest absolute Gasteiger partial charge is 0.311 e. The zero-order valence-electron chi connectivity index (χ0n) is 6.69. The average Bonchev–Trinajstić information content (AvgIpc) is 1.98. The van der Waals surface area contributed by atoms with Crippen LogP contribution >= 0.6 is 0 Å². The molecular weight excluding hydrogens is 126 g/mol. The minimum Gasteiger partial charge on any atom is -0.311 e. The number of Topliss-reactive ketones (excluding diaryl/α,β-unsaturated/α-hetero) is 1. The van der Waals surface area contributed by atoms with Crippen LogP contribution in [0.25, 0.3) is 0 Å². The SMILES string of the molecule is CC#CCC(=O)C(C)NC. The average molecular weight is 139 g/mol. The van der Waals surface area contributed by atoms with Crippen LogP contribution in [0.1, 0.15) is 20.3 Å². The summed E-state index contributed by atoms with van der Waals surface area (Å²) in [5.41, 5.74) is 0. The predicted octanol–water partition coefficient (Wildman–Crippen LogP) is 0.577. The van der Waals surface area contributed by atoms with Gasteiger partial charge in [-0.2, -0.15) is 0 Å². The lowest BCUT2D eigenvalue weighted by Crippen LogP contribution is -2.30. The molecule has 0 spiro atoms. The zero-order valence-corrected chi connectivity index (χ0v) is 6.69. The standard InChI is InChI=1S/C8H13NO/c1-4-5-6-8(10)7(2)9-3/h7,9H,6H2,1-3H3. The molecule has 2 nitrogen and oxygen atoms in total. The Labute approximate surface area is 62.0 Å². The quantitative estimate of drug-likeness (QED) is 0.579. The molecule has 0 rings (SSSR count). The Balaban J connectivity index is 3.69. The minimum atomic E-state index is -0.0687. The Kier molecular flexibility index (Phi) is 4.61. The number of carbonyl (C=O) groups is 1. The molecule has 0 aliphatic heterocycles. The lowest BCUT2D eigenvalue weighted by atomic mass is 10.1. The second-order valence-electron chi connectivity index (χ2n) is 2.08. The summed E-state index contributed by atoms with van der Waals surface area (Å²) < 4.78 is 0. The van der Waals surface area contributed by atoms with Crippen LogP contribution in [0, 0.1) is 11.8 Å². The summed E-state index contributed by atoms with van der Waals surface area (Å²) in [6.45, 7) is 3.57. The lowest BCUT2D eigenvalue weighted by molar-refractivity contribution is -0.119. The van der Waals surface area contributed by atoms with E-state index < -0.39 is 0 Å². The number of rotatable bonds is 3. The van der Waals surface area contributed by atoms with Crippen LogP contribution in [-0.2, 0) is 4.79 Å². The van der Waals surface area contributed by atoms with Gasteiger partial charge >= 0.3 is 0 Å². The third-order valence-electron chi connectivity index (χ3n) is 1.36. The number of ketones is 1. The molecule has 0 aromatic carbocycles. The monoisotopic (exact) mass is 139 g/mol. The van der Waals surface area contributed by atoms with Crippen molar-refractivity contribution in [3.8, 4) is 11.8 Å². The molecule has 0 saturated heterocycles. The molecule has 1 unspecified atom stereocenters. The fourth-order valence-corrected chi connectivity index (χ4v) is 0.490. The van der Waals surface area contributed by atoms with Crippen molar-refractivity contribution in [2.24, 2.45) is 0 Å². The molecule has 56 valence electrons. The van der Waals surface area contributed by atoms with Gasteiger partial charge in [0.05, 0.1) is 12.5 Å². The summed E-state index contributed by atoms with van der Waals surface area (Å²) in [7, 11) is 1.77. The van der Waals surface area contributed by atoms with E-state index in [9.17, 15) is 4.79 Å². The number of hydrogen-bond acceptors (Lipinski definition) is 2. The molecule has 0 fully saturated rings. The maximum Gasteiger partial charge on any atom is 0.161 e. The molecule has 0 amide bonds. The summed E-state index contributed by atoms with van der Waals surface area (Å²) in [5, 5.41) is 2.86. The Morgan fingerprint density at radius 3 is 2.70 bits per heavy atom. The highest BCUT2D eigenvalue weighted by Gasteiger charge is 2.06. The van der Waals surface area contributed by atoms with Crippen LogP contribution in [0.4, 0.5) is 0 Å². The number of likely N-dealkylation sites (N-methyl/N-ethyl adjacent to an activating group) is 1. The molecule has 1 atom stereocenters. The lowest BCUT2D eigenvalue weighted by Gasteiger charge is -2.04. The fraction of sp³-hybridized carbons (Fsp3) is 0.625. The third kappa shape index (κ3) is 3.26. The Morgan fingerprint density at radius 1 is 1.70 bits per heavy atom.